The molecule has 4 nitrogen and oxygen atoms in total. The van der Waals surface area contributed by atoms with Crippen LogP contribution in [0.3, 0.4) is 0 Å². The van der Waals surface area contributed by atoms with E-state index in [9.17, 15) is 13.5 Å². The number of imide groups is 1. The zero-order chi connectivity index (χ0) is 8.43. The van der Waals surface area contributed by atoms with Gasteiger partial charge in [-0.3, -0.25) is 0 Å². The Bertz CT molecular complexity index is 210. The van der Waals surface area contributed by atoms with E-state index in [4.69, 9.17) is 0 Å². The maximum absolute atomic E-state index is 11.1. The zero-order valence-electron chi connectivity index (χ0n) is 6.13. The Morgan fingerprint density at radius 1 is 1.36 bits per heavy atom. The van der Waals surface area contributed by atoms with Gasteiger partial charge in [-0.25, -0.2) is 0 Å². The third kappa shape index (κ3) is 1.54. The van der Waals surface area contributed by atoms with E-state index in [1.165, 1.54) is 0 Å². The van der Waals surface area contributed by atoms with E-state index < -0.39 is 13.8 Å². The van der Waals surface area contributed by atoms with Gasteiger partial charge in [0.1, 0.15) is 0 Å². The Hall–Kier alpha value is -0.554. The van der Waals surface area contributed by atoms with Gasteiger partial charge in [0.15, 0.2) is 0 Å². The van der Waals surface area contributed by atoms with E-state index in [0.717, 1.165) is 3.95 Å². The second-order valence-corrected chi connectivity index (χ2v) is 4.07. The van der Waals surface area contributed by atoms with Gasteiger partial charge in [-0.15, -0.1) is 0 Å². The molecule has 1 aliphatic rings. The van der Waals surface area contributed by atoms with Gasteiger partial charge in [-0.05, 0) is 0 Å². The normalized spacial score (nSPS) is 19.4. The van der Waals surface area contributed by atoms with Crippen LogP contribution >= 0.6 is 0 Å². The summed E-state index contributed by atoms with van der Waals surface area (Å²) >= 11 is -1.75. The summed E-state index contributed by atoms with van der Waals surface area (Å²) in [7, 11) is 0. The average molecular weight is 202 g/mol. The molecule has 1 rings (SSSR count). The standard InChI is InChI=1S/C4H5NO2.C2H5.Co.O/c6-3-1-2-4(7)5-3;1-2;;/h1-2H2,(H,5,6,7);1H2,2H3;;/q;;+1;/p-1. The van der Waals surface area contributed by atoms with Gasteiger partial charge in [0.05, 0.1) is 0 Å². The van der Waals surface area contributed by atoms with Crippen LogP contribution in [-0.2, 0) is 27.3 Å². The van der Waals surface area contributed by atoms with Crippen molar-refractivity contribution in [3.63, 3.8) is 0 Å². The van der Waals surface area contributed by atoms with Gasteiger partial charge >= 0.3 is 68.1 Å². The third-order valence-electron chi connectivity index (χ3n) is 1.34. The Morgan fingerprint density at radius 3 is 2.18 bits per heavy atom. The van der Waals surface area contributed by atoms with Crippen molar-refractivity contribution in [3.05, 3.63) is 0 Å². The first-order valence-electron chi connectivity index (χ1n) is 3.29. The molecule has 0 radical (unpaired) electrons. The van der Waals surface area contributed by atoms with Crippen LogP contribution in [0.4, 0.5) is 0 Å². The Labute approximate surface area is 68.7 Å². The molecule has 0 aromatic carbocycles. The van der Waals surface area contributed by atoms with Crippen LogP contribution in [0.1, 0.15) is 19.8 Å². The molecule has 0 aliphatic carbocycles. The molecule has 1 saturated heterocycles. The number of hydrogen-bond donors (Lipinski definition) is 0. The van der Waals surface area contributed by atoms with E-state index in [1.54, 1.807) is 6.92 Å². The van der Waals surface area contributed by atoms with Crippen LogP contribution in [0, 0.1) is 0 Å². The number of carbonyl (C=O) groups is 2. The summed E-state index contributed by atoms with van der Waals surface area (Å²) in [5.41, 5.74) is 0. The second kappa shape index (κ2) is 3.23. The quantitative estimate of drug-likeness (QED) is 0.611. The van der Waals surface area contributed by atoms with Crippen LogP contribution < -0.4 is 0 Å². The molecule has 0 atom stereocenters. The van der Waals surface area contributed by atoms with Crippen molar-refractivity contribution in [2.45, 2.75) is 25.1 Å². The third-order valence-corrected chi connectivity index (χ3v) is 3.00. The predicted molar refractivity (Wildman–Crippen MR) is 32.3 cm³/mol. The molecule has 1 fully saturated rings. The van der Waals surface area contributed by atoms with Crippen LogP contribution in [0.2, 0.25) is 5.36 Å². The Balaban J connectivity index is 2.76. The first-order chi connectivity index (χ1) is 5.16. The van der Waals surface area contributed by atoms with Crippen LogP contribution in [0.15, 0.2) is 0 Å². The van der Waals surface area contributed by atoms with Crippen molar-refractivity contribution >= 4 is 11.8 Å². The molecule has 1 heterocycles. The van der Waals surface area contributed by atoms with Gasteiger partial charge < -0.3 is 0 Å². The van der Waals surface area contributed by atoms with Crippen LogP contribution in [-0.4, -0.2) is 15.8 Å². The van der Waals surface area contributed by atoms with Crippen LogP contribution in [0.5, 0.6) is 0 Å². The summed E-state index contributed by atoms with van der Waals surface area (Å²) in [5.74, 6) is -0.589. The molecular formula is C6H9CoNO3. The Kier molecular flexibility index (Phi) is 2.51. The fourth-order valence-electron chi connectivity index (χ4n) is 0.830. The van der Waals surface area contributed by atoms with Crippen molar-refractivity contribution in [1.29, 1.82) is 0 Å². The van der Waals surface area contributed by atoms with Gasteiger partial charge in [-0.2, -0.15) is 0 Å². The average Bonchev–Trinajstić information content (AvgIpc) is 2.30. The number of hydrogen-bond acceptors (Lipinski definition) is 3. The molecule has 0 unspecified atom stereocenters. The molecule has 5 heteroatoms. The topological polar surface area (TPSA) is 54.5 Å². The van der Waals surface area contributed by atoms with Crippen LogP contribution in [0.25, 0.3) is 0 Å². The van der Waals surface area contributed by atoms with Gasteiger partial charge in [0.25, 0.3) is 0 Å². The maximum atomic E-state index is 11.1. The monoisotopic (exact) mass is 202 g/mol. The van der Waals surface area contributed by atoms with E-state index in [-0.39, 0.29) is 24.7 Å². The molecule has 0 aromatic heterocycles. The van der Waals surface area contributed by atoms with E-state index >= 15 is 0 Å². The zero-order valence-corrected chi connectivity index (χ0v) is 7.17. The minimum atomic E-state index is -1.75. The van der Waals surface area contributed by atoms with E-state index in [0.29, 0.717) is 5.36 Å². The van der Waals surface area contributed by atoms with E-state index in [2.05, 4.69) is 0 Å². The first kappa shape index (κ1) is 8.54. The Morgan fingerprint density at radius 2 is 1.82 bits per heavy atom. The second-order valence-electron chi connectivity index (χ2n) is 2.05. The van der Waals surface area contributed by atoms with Crippen molar-refractivity contribution in [2.24, 2.45) is 0 Å². The van der Waals surface area contributed by atoms with Gasteiger partial charge in [0.2, 0.25) is 0 Å². The summed E-state index contributed by atoms with van der Waals surface area (Å²) in [5, 5.41) is 0.352. The van der Waals surface area contributed by atoms with Crippen molar-refractivity contribution in [2.75, 3.05) is 0 Å². The summed E-state index contributed by atoms with van der Waals surface area (Å²) in [4.78, 5) is 21.8. The van der Waals surface area contributed by atoms with E-state index in [1.807, 2.05) is 0 Å². The number of carbonyl (C=O) groups excluding carboxylic acids is 2. The first-order valence-corrected chi connectivity index (χ1v) is 4.92. The van der Waals surface area contributed by atoms with Crippen molar-refractivity contribution in [1.82, 2.24) is 3.95 Å². The summed E-state index contributed by atoms with van der Waals surface area (Å²) < 4.78 is 12.0. The summed E-state index contributed by atoms with van der Waals surface area (Å²) in [6, 6.07) is 0. The predicted octanol–water partition coefficient (Wildman–Crippen LogP) is 0.452. The molecule has 11 heavy (non-hydrogen) atoms. The summed E-state index contributed by atoms with van der Waals surface area (Å²) in [6.45, 7) is 1.69. The minimum absolute atomic E-state index is 0.222. The number of rotatable bonds is 2. The fraction of sp³-hybridized carbons (Fsp3) is 0.667. The summed E-state index contributed by atoms with van der Waals surface area (Å²) in [6.07, 6.45) is 0.443. The van der Waals surface area contributed by atoms with Gasteiger partial charge in [0, 0.05) is 0 Å². The SMILES string of the molecule is C[CH2][Co](=[O])[N]1C(=O)CCC1=O. The van der Waals surface area contributed by atoms with Crippen molar-refractivity contribution in [3.8, 4) is 0 Å². The fourth-order valence-corrected chi connectivity index (χ4v) is 1.97. The van der Waals surface area contributed by atoms with Crippen molar-refractivity contribution < 1.29 is 27.3 Å². The van der Waals surface area contributed by atoms with Gasteiger partial charge in [-0.1, -0.05) is 0 Å². The molecule has 0 saturated carbocycles. The molecule has 0 aromatic rings. The molecule has 1 aliphatic heterocycles. The molecule has 0 bridgehead atoms. The molecule has 2 amide bonds. The number of amides is 2. The molecule has 0 N–H and O–H groups in total. The molecule has 0 spiro atoms. The number of nitrogens with zero attached hydrogens (tertiary/aromatic N) is 1. The molecular weight excluding hydrogens is 193 g/mol. The molecule has 65 valence electrons.